The van der Waals surface area contributed by atoms with E-state index in [1.807, 2.05) is 24.3 Å². The Balaban J connectivity index is 2.20. The highest BCUT2D eigenvalue weighted by Gasteiger charge is 2.19. The molecule has 0 atom stereocenters. The summed E-state index contributed by atoms with van der Waals surface area (Å²) in [6.07, 6.45) is 0. The number of rotatable bonds is 6. The molecule has 0 aliphatic heterocycles. The Morgan fingerprint density at radius 3 is 2.64 bits per heavy atom. The van der Waals surface area contributed by atoms with Crippen LogP contribution in [0.25, 0.3) is 0 Å². The van der Waals surface area contributed by atoms with Crippen LogP contribution in [0.1, 0.15) is 11.1 Å². The molecule has 0 unspecified atom stereocenters. The number of carbonyl (C=O) groups is 1. The Morgan fingerprint density at radius 2 is 2.00 bits per heavy atom. The van der Waals surface area contributed by atoms with E-state index >= 15 is 0 Å². The molecule has 2 amide bonds. The van der Waals surface area contributed by atoms with E-state index in [4.69, 9.17) is 0 Å². The standard InChI is InChI=1S/C17H18BrN3O4/c1-12-15(7-4-8-16(12)21(24)25)19-17(23)20(9-10-22)11-13-5-2-3-6-14(13)18/h2-8,22H,9-11H2,1H3,(H,19,23). The number of hydrogen-bond acceptors (Lipinski definition) is 4. The summed E-state index contributed by atoms with van der Waals surface area (Å²) in [7, 11) is 0. The lowest BCUT2D eigenvalue weighted by Crippen LogP contribution is -2.36. The summed E-state index contributed by atoms with van der Waals surface area (Å²) in [6.45, 7) is 1.83. The fourth-order valence-electron chi connectivity index (χ4n) is 2.36. The van der Waals surface area contributed by atoms with Crippen molar-refractivity contribution in [2.75, 3.05) is 18.5 Å². The van der Waals surface area contributed by atoms with E-state index in [9.17, 15) is 20.0 Å². The molecule has 0 aromatic heterocycles. The molecule has 0 aliphatic rings. The topological polar surface area (TPSA) is 95.7 Å². The van der Waals surface area contributed by atoms with E-state index in [1.165, 1.54) is 17.0 Å². The molecule has 0 saturated carbocycles. The van der Waals surface area contributed by atoms with Crippen LogP contribution in [0, 0.1) is 17.0 Å². The minimum absolute atomic E-state index is 0.0580. The lowest BCUT2D eigenvalue weighted by atomic mass is 10.1. The highest BCUT2D eigenvalue weighted by atomic mass is 79.9. The number of nitro benzene ring substituents is 1. The van der Waals surface area contributed by atoms with E-state index in [1.54, 1.807) is 13.0 Å². The van der Waals surface area contributed by atoms with Gasteiger partial charge in [-0.15, -0.1) is 0 Å². The predicted octanol–water partition coefficient (Wildman–Crippen LogP) is 3.69. The van der Waals surface area contributed by atoms with Crippen molar-refractivity contribution < 1.29 is 14.8 Å². The van der Waals surface area contributed by atoms with Crippen LogP contribution in [-0.2, 0) is 6.54 Å². The van der Waals surface area contributed by atoms with E-state index in [-0.39, 0.29) is 18.8 Å². The number of nitro groups is 1. The maximum absolute atomic E-state index is 12.6. The van der Waals surface area contributed by atoms with Crippen molar-refractivity contribution in [1.29, 1.82) is 0 Å². The number of carbonyl (C=O) groups excluding carboxylic acids is 1. The van der Waals surface area contributed by atoms with Gasteiger partial charge in [0.1, 0.15) is 0 Å². The van der Waals surface area contributed by atoms with Crippen molar-refractivity contribution in [3.8, 4) is 0 Å². The van der Waals surface area contributed by atoms with E-state index in [0.29, 0.717) is 17.8 Å². The minimum atomic E-state index is -0.489. The molecule has 7 nitrogen and oxygen atoms in total. The molecule has 0 heterocycles. The van der Waals surface area contributed by atoms with Crippen molar-refractivity contribution in [2.24, 2.45) is 0 Å². The van der Waals surface area contributed by atoms with Gasteiger partial charge in [0.2, 0.25) is 0 Å². The Hall–Kier alpha value is -2.45. The first-order valence-corrected chi connectivity index (χ1v) is 8.37. The number of urea groups is 1. The van der Waals surface area contributed by atoms with Gasteiger partial charge >= 0.3 is 6.03 Å². The SMILES string of the molecule is Cc1c(NC(=O)N(CCO)Cc2ccccc2Br)cccc1[N+](=O)[O-]. The average molecular weight is 408 g/mol. The van der Waals surface area contributed by atoms with Crippen molar-refractivity contribution >= 4 is 33.3 Å². The van der Waals surface area contributed by atoms with Crippen molar-refractivity contribution in [3.63, 3.8) is 0 Å². The fourth-order valence-corrected chi connectivity index (χ4v) is 2.77. The number of benzene rings is 2. The maximum Gasteiger partial charge on any atom is 0.322 e. The summed E-state index contributed by atoms with van der Waals surface area (Å²) < 4.78 is 0.859. The second-order valence-electron chi connectivity index (χ2n) is 5.37. The van der Waals surface area contributed by atoms with Crippen LogP contribution < -0.4 is 5.32 Å². The third kappa shape index (κ3) is 4.77. The summed E-state index contributed by atoms with van der Waals surface area (Å²) in [5.74, 6) is 0. The molecule has 0 saturated heterocycles. The molecule has 2 N–H and O–H groups in total. The monoisotopic (exact) mass is 407 g/mol. The Morgan fingerprint density at radius 1 is 1.28 bits per heavy atom. The highest BCUT2D eigenvalue weighted by Crippen LogP contribution is 2.25. The number of amides is 2. The molecule has 2 aromatic carbocycles. The minimum Gasteiger partial charge on any atom is -0.395 e. The number of nitrogens with zero attached hydrogens (tertiary/aromatic N) is 2. The van der Waals surface area contributed by atoms with Gasteiger partial charge in [0.25, 0.3) is 5.69 Å². The van der Waals surface area contributed by atoms with Gasteiger partial charge in [0, 0.05) is 23.6 Å². The second-order valence-corrected chi connectivity index (χ2v) is 6.23. The quantitative estimate of drug-likeness (QED) is 0.563. The molecule has 0 fully saturated rings. The first-order chi connectivity index (χ1) is 11.9. The normalized spacial score (nSPS) is 10.4. The van der Waals surface area contributed by atoms with Crippen molar-refractivity contribution in [1.82, 2.24) is 4.90 Å². The Kier molecular flexibility index (Phi) is 6.49. The summed E-state index contributed by atoms with van der Waals surface area (Å²) in [5.41, 5.74) is 1.58. The molecule has 132 valence electrons. The van der Waals surface area contributed by atoms with Gasteiger partial charge in [-0.05, 0) is 24.6 Å². The number of nitrogens with one attached hydrogen (secondary N) is 1. The number of aliphatic hydroxyl groups is 1. The largest absolute Gasteiger partial charge is 0.395 e. The van der Waals surface area contributed by atoms with Crippen LogP contribution in [0.4, 0.5) is 16.2 Å². The maximum atomic E-state index is 12.6. The van der Waals surface area contributed by atoms with Crippen LogP contribution in [-0.4, -0.2) is 34.1 Å². The summed E-state index contributed by atoms with van der Waals surface area (Å²) >= 11 is 3.43. The zero-order valence-electron chi connectivity index (χ0n) is 13.6. The Bertz CT molecular complexity index is 782. The predicted molar refractivity (Wildman–Crippen MR) is 98.5 cm³/mol. The molecule has 2 aromatic rings. The first kappa shape index (κ1) is 18.9. The van der Waals surface area contributed by atoms with Gasteiger partial charge in [-0.25, -0.2) is 4.79 Å². The van der Waals surface area contributed by atoms with Crippen LogP contribution in [0.2, 0.25) is 0 Å². The van der Waals surface area contributed by atoms with Crippen molar-refractivity contribution in [2.45, 2.75) is 13.5 Å². The Labute approximate surface area is 153 Å². The van der Waals surface area contributed by atoms with Gasteiger partial charge in [0.05, 0.1) is 22.8 Å². The molecule has 0 aliphatic carbocycles. The first-order valence-electron chi connectivity index (χ1n) is 7.58. The lowest BCUT2D eigenvalue weighted by molar-refractivity contribution is -0.385. The second kappa shape index (κ2) is 8.59. The zero-order valence-corrected chi connectivity index (χ0v) is 15.2. The van der Waals surface area contributed by atoms with E-state index < -0.39 is 11.0 Å². The van der Waals surface area contributed by atoms with Crippen LogP contribution >= 0.6 is 15.9 Å². The molecule has 8 heteroatoms. The molecule has 2 rings (SSSR count). The number of hydrogen-bond donors (Lipinski definition) is 2. The van der Waals surface area contributed by atoms with Gasteiger partial charge < -0.3 is 15.3 Å². The van der Waals surface area contributed by atoms with Crippen LogP contribution in [0.5, 0.6) is 0 Å². The van der Waals surface area contributed by atoms with Gasteiger partial charge in [-0.1, -0.05) is 40.2 Å². The summed E-state index contributed by atoms with van der Waals surface area (Å²) in [6, 6.07) is 11.6. The molecular formula is C17H18BrN3O4. The third-order valence-corrected chi connectivity index (χ3v) is 4.49. The third-order valence-electron chi connectivity index (χ3n) is 3.72. The number of halogens is 1. The van der Waals surface area contributed by atoms with Crippen molar-refractivity contribution in [3.05, 3.63) is 68.2 Å². The highest BCUT2D eigenvalue weighted by molar-refractivity contribution is 9.10. The van der Waals surface area contributed by atoms with E-state index in [0.717, 1.165) is 10.0 Å². The van der Waals surface area contributed by atoms with Gasteiger partial charge in [-0.3, -0.25) is 10.1 Å². The van der Waals surface area contributed by atoms with Crippen LogP contribution in [0.15, 0.2) is 46.9 Å². The van der Waals surface area contributed by atoms with E-state index in [2.05, 4.69) is 21.2 Å². The number of aliphatic hydroxyl groups excluding tert-OH is 1. The molecule has 25 heavy (non-hydrogen) atoms. The average Bonchev–Trinajstić information content (AvgIpc) is 2.57. The smallest absolute Gasteiger partial charge is 0.322 e. The molecule has 0 radical (unpaired) electrons. The van der Waals surface area contributed by atoms with Gasteiger partial charge in [-0.2, -0.15) is 0 Å². The fraction of sp³-hybridized carbons (Fsp3) is 0.235. The number of anilines is 1. The van der Waals surface area contributed by atoms with Gasteiger partial charge in [0.15, 0.2) is 0 Å². The molecule has 0 spiro atoms. The zero-order chi connectivity index (χ0) is 18.4. The summed E-state index contributed by atoms with van der Waals surface area (Å²) in [5, 5.41) is 23.0. The molecular weight excluding hydrogens is 390 g/mol. The summed E-state index contributed by atoms with van der Waals surface area (Å²) in [4.78, 5) is 24.5. The molecule has 0 bridgehead atoms. The lowest BCUT2D eigenvalue weighted by Gasteiger charge is -2.23. The van der Waals surface area contributed by atoms with Crippen LogP contribution in [0.3, 0.4) is 0 Å².